The van der Waals surface area contributed by atoms with Crippen molar-refractivity contribution in [2.75, 3.05) is 5.32 Å². The number of carbonyl (C=O) groups excluding carboxylic acids is 1. The highest BCUT2D eigenvalue weighted by atomic mass is 35.5. The number of aryl methyl sites for hydroxylation is 1. The Morgan fingerprint density at radius 2 is 2.00 bits per heavy atom. The summed E-state index contributed by atoms with van der Waals surface area (Å²) in [5.74, 6) is -0.309. The maximum Gasteiger partial charge on any atom is 0.323 e. The second-order valence-corrected chi connectivity index (χ2v) is 5.13. The molecule has 0 spiro atoms. The van der Waals surface area contributed by atoms with Gasteiger partial charge in [0.1, 0.15) is 0 Å². The average Bonchev–Trinajstić information content (AvgIpc) is 2.82. The molecule has 0 aliphatic heterocycles. The van der Waals surface area contributed by atoms with Gasteiger partial charge in [0, 0.05) is 10.7 Å². The second kappa shape index (κ2) is 5.10. The number of halogens is 1. The number of para-hydroxylation sites is 1. The lowest BCUT2D eigenvalue weighted by atomic mass is 10.1. The lowest BCUT2D eigenvalue weighted by Gasteiger charge is -2.07. The van der Waals surface area contributed by atoms with Gasteiger partial charge in [0.05, 0.1) is 16.6 Å². The number of imidazole rings is 1. The van der Waals surface area contributed by atoms with Crippen LogP contribution in [0.5, 0.6) is 0 Å². The van der Waals surface area contributed by atoms with Gasteiger partial charge in [0.2, 0.25) is 0 Å². The first-order valence-electron chi connectivity index (χ1n) is 6.33. The van der Waals surface area contributed by atoms with Crippen molar-refractivity contribution in [3.63, 3.8) is 0 Å². The molecule has 0 bridgehead atoms. The maximum atomic E-state index is 12.3. The molecule has 0 fully saturated rings. The van der Waals surface area contributed by atoms with E-state index < -0.39 is 0 Å². The van der Waals surface area contributed by atoms with Crippen molar-refractivity contribution in [1.29, 1.82) is 0 Å². The van der Waals surface area contributed by atoms with Crippen molar-refractivity contribution in [2.45, 2.75) is 6.92 Å². The zero-order chi connectivity index (χ0) is 15.0. The standard InChI is InChI=1S/C15H12ClN3O2/c1-8-5-6-9(7-11(8)16)17-14(20)10-3-2-4-12-13(10)19-15(21)18-12/h2-7H,1H3,(H,17,20)(H2,18,19,21). The van der Waals surface area contributed by atoms with E-state index in [9.17, 15) is 9.59 Å². The van der Waals surface area contributed by atoms with Crippen LogP contribution in [0.1, 0.15) is 15.9 Å². The number of amides is 1. The fourth-order valence-corrected chi connectivity index (χ4v) is 2.30. The first-order chi connectivity index (χ1) is 10.0. The molecule has 6 heteroatoms. The van der Waals surface area contributed by atoms with Crippen LogP contribution in [0.25, 0.3) is 11.0 Å². The van der Waals surface area contributed by atoms with Crippen LogP contribution in [-0.4, -0.2) is 15.9 Å². The molecular weight excluding hydrogens is 290 g/mol. The number of hydrogen-bond acceptors (Lipinski definition) is 2. The third kappa shape index (κ3) is 2.55. The van der Waals surface area contributed by atoms with Gasteiger partial charge in [-0.15, -0.1) is 0 Å². The third-order valence-electron chi connectivity index (χ3n) is 3.23. The fraction of sp³-hybridized carbons (Fsp3) is 0.0667. The van der Waals surface area contributed by atoms with Gasteiger partial charge in [0.15, 0.2) is 0 Å². The van der Waals surface area contributed by atoms with Crippen molar-refractivity contribution in [3.8, 4) is 0 Å². The molecule has 0 unspecified atom stereocenters. The molecule has 0 saturated carbocycles. The van der Waals surface area contributed by atoms with Crippen LogP contribution in [0.4, 0.5) is 5.69 Å². The van der Waals surface area contributed by atoms with Crippen LogP contribution in [0, 0.1) is 6.92 Å². The number of rotatable bonds is 2. The minimum absolute atomic E-state index is 0.309. The predicted octanol–water partition coefficient (Wildman–Crippen LogP) is 3.07. The van der Waals surface area contributed by atoms with E-state index in [-0.39, 0.29) is 11.6 Å². The van der Waals surface area contributed by atoms with Crippen molar-refractivity contribution in [1.82, 2.24) is 9.97 Å². The van der Waals surface area contributed by atoms with Crippen LogP contribution in [-0.2, 0) is 0 Å². The van der Waals surface area contributed by atoms with E-state index in [2.05, 4.69) is 15.3 Å². The SMILES string of the molecule is Cc1ccc(NC(=O)c2cccc3[nH]c(=O)[nH]c23)cc1Cl. The summed E-state index contributed by atoms with van der Waals surface area (Å²) in [5, 5.41) is 3.35. The van der Waals surface area contributed by atoms with E-state index in [4.69, 9.17) is 11.6 Å². The number of carbonyl (C=O) groups is 1. The number of benzene rings is 2. The highest BCUT2D eigenvalue weighted by molar-refractivity contribution is 6.31. The van der Waals surface area contributed by atoms with E-state index in [0.717, 1.165) is 5.56 Å². The molecule has 0 radical (unpaired) electrons. The Morgan fingerprint density at radius 1 is 1.19 bits per heavy atom. The van der Waals surface area contributed by atoms with E-state index in [1.54, 1.807) is 30.3 Å². The monoisotopic (exact) mass is 301 g/mol. The number of H-pyrrole nitrogens is 2. The van der Waals surface area contributed by atoms with E-state index in [0.29, 0.717) is 27.3 Å². The minimum atomic E-state index is -0.344. The van der Waals surface area contributed by atoms with Crippen LogP contribution < -0.4 is 11.0 Å². The summed E-state index contributed by atoms with van der Waals surface area (Å²) in [4.78, 5) is 28.9. The van der Waals surface area contributed by atoms with Crippen LogP contribution in [0.15, 0.2) is 41.2 Å². The molecule has 3 aromatic rings. The zero-order valence-corrected chi connectivity index (χ0v) is 11.9. The van der Waals surface area contributed by atoms with Gasteiger partial charge < -0.3 is 15.3 Å². The van der Waals surface area contributed by atoms with Gasteiger partial charge in [-0.25, -0.2) is 4.79 Å². The summed E-state index contributed by atoms with van der Waals surface area (Å²) < 4.78 is 0. The molecule has 3 N–H and O–H groups in total. The molecule has 3 rings (SSSR count). The zero-order valence-electron chi connectivity index (χ0n) is 11.2. The molecule has 21 heavy (non-hydrogen) atoms. The molecule has 0 aliphatic carbocycles. The lowest BCUT2D eigenvalue weighted by Crippen LogP contribution is -2.12. The van der Waals surface area contributed by atoms with Gasteiger partial charge in [-0.3, -0.25) is 4.79 Å². The van der Waals surface area contributed by atoms with Gasteiger partial charge in [-0.1, -0.05) is 23.7 Å². The first kappa shape index (κ1) is 13.5. The van der Waals surface area contributed by atoms with E-state index in [1.165, 1.54) is 0 Å². The molecule has 0 saturated heterocycles. The van der Waals surface area contributed by atoms with E-state index >= 15 is 0 Å². The second-order valence-electron chi connectivity index (χ2n) is 4.73. The Bertz CT molecular complexity index is 895. The van der Waals surface area contributed by atoms with Crippen molar-refractivity contribution >= 4 is 34.2 Å². The van der Waals surface area contributed by atoms with Gasteiger partial charge in [-0.2, -0.15) is 0 Å². The van der Waals surface area contributed by atoms with Gasteiger partial charge in [-0.05, 0) is 36.8 Å². The smallest absolute Gasteiger partial charge is 0.322 e. The summed E-state index contributed by atoms with van der Waals surface area (Å²) in [6.07, 6.45) is 0. The Labute approximate surface area is 125 Å². The van der Waals surface area contributed by atoms with Crippen molar-refractivity contribution in [2.24, 2.45) is 0 Å². The Hall–Kier alpha value is -2.53. The van der Waals surface area contributed by atoms with Gasteiger partial charge >= 0.3 is 5.69 Å². The predicted molar refractivity (Wildman–Crippen MR) is 83.1 cm³/mol. The van der Waals surface area contributed by atoms with E-state index in [1.807, 2.05) is 13.0 Å². The largest absolute Gasteiger partial charge is 0.323 e. The molecular formula is C15H12ClN3O2. The summed E-state index contributed by atoms with van der Waals surface area (Å²) in [6.45, 7) is 1.89. The molecule has 5 nitrogen and oxygen atoms in total. The molecule has 2 aromatic carbocycles. The third-order valence-corrected chi connectivity index (χ3v) is 3.63. The van der Waals surface area contributed by atoms with Crippen LogP contribution >= 0.6 is 11.6 Å². The number of aromatic amines is 2. The quantitative estimate of drug-likeness (QED) is 0.680. The molecule has 0 atom stereocenters. The molecule has 1 heterocycles. The van der Waals surface area contributed by atoms with Crippen molar-refractivity contribution < 1.29 is 4.79 Å². The molecule has 1 aromatic heterocycles. The number of fused-ring (bicyclic) bond motifs is 1. The molecule has 0 aliphatic rings. The summed E-state index contributed by atoms with van der Waals surface area (Å²) in [7, 11) is 0. The Balaban J connectivity index is 1.97. The minimum Gasteiger partial charge on any atom is -0.322 e. The number of hydrogen-bond donors (Lipinski definition) is 3. The summed E-state index contributed by atoms with van der Waals surface area (Å²) >= 11 is 6.04. The summed E-state index contributed by atoms with van der Waals surface area (Å²) in [5.41, 5.74) is 2.66. The average molecular weight is 302 g/mol. The molecule has 106 valence electrons. The topological polar surface area (TPSA) is 77.8 Å². The highest BCUT2D eigenvalue weighted by Gasteiger charge is 2.12. The number of nitrogens with one attached hydrogen (secondary N) is 3. The normalized spacial score (nSPS) is 10.8. The number of aromatic nitrogens is 2. The Morgan fingerprint density at radius 3 is 2.76 bits per heavy atom. The molecule has 1 amide bonds. The Kier molecular flexibility index (Phi) is 3.27. The maximum absolute atomic E-state index is 12.3. The fourth-order valence-electron chi connectivity index (χ4n) is 2.12. The summed E-state index contributed by atoms with van der Waals surface area (Å²) in [6, 6.07) is 10.4. The number of anilines is 1. The van der Waals surface area contributed by atoms with Crippen molar-refractivity contribution in [3.05, 3.63) is 63.0 Å². The lowest BCUT2D eigenvalue weighted by molar-refractivity contribution is 0.102. The van der Waals surface area contributed by atoms with Crippen LogP contribution in [0.3, 0.4) is 0 Å². The first-order valence-corrected chi connectivity index (χ1v) is 6.71. The van der Waals surface area contributed by atoms with Gasteiger partial charge in [0.25, 0.3) is 5.91 Å². The van der Waals surface area contributed by atoms with Crippen LogP contribution in [0.2, 0.25) is 5.02 Å². The highest BCUT2D eigenvalue weighted by Crippen LogP contribution is 2.21.